The van der Waals surface area contributed by atoms with E-state index in [0.29, 0.717) is 55.8 Å². The van der Waals surface area contributed by atoms with Gasteiger partial charge in [0.05, 0.1) is 24.9 Å². The lowest BCUT2D eigenvalue weighted by Gasteiger charge is -2.39. The summed E-state index contributed by atoms with van der Waals surface area (Å²) in [6.45, 7) is 1.94. The lowest BCUT2D eigenvalue weighted by molar-refractivity contribution is -0.139. The maximum atomic E-state index is 13.6. The highest BCUT2D eigenvalue weighted by Crippen LogP contribution is 2.39. The molecule has 3 atom stereocenters. The fraction of sp³-hybridized carbons (Fsp3) is 0.467. The van der Waals surface area contributed by atoms with Crippen LogP contribution in [0.3, 0.4) is 0 Å². The third-order valence-corrected chi connectivity index (χ3v) is 8.73. The van der Waals surface area contributed by atoms with E-state index >= 15 is 0 Å². The quantitative estimate of drug-likeness (QED) is 0.400. The average molecular weight is 545 g/mol. The number of methoxy groups -OCH3 is 1. The largest absolute Gasteiger partial charge is 0.497 e. The Morgan fingerprint density at radius 2 is 1.82 bits per heavy atom. The molecule has 2 fully saturated rings. The molecule has 40 heavy (non-hydrogen) atoms. The van der Waals surface area contributed by atoms with E-state index in [-0.39, 0.29) is 23.3 Å². The minimum Gasteiger partial charge on any atom is -0.497 e. The van der Waals surface area contributed by atoms with Gasteiger partial charge in [-0.25, -0.2) is 9.97 Å². The van der Waals surface area contributed by atoms with Crippen LogP contribution in [0.1, 0.15) is 43.8 Å². The first-order valence-electron chi connectivity index (χ1n) is 14.1. The van der Waals surface area contributed by atoms with Gasteiger partial charge in [-0.15, -0.1) is 0 Å². The normalized spacial score (nSPS) is 22.1. The number of carbonyl (C=O) groups excluding carboxylic acids is 1. The Balaban J connectivity index is 1.11. The van der Waals surface area contributed by atoms with E-state index in [1.165, 1.54) is 0 Å². The fourth-order valence-electron chi connectivity index (χ4n) is 6.45. The Labute approximate surface area is 232 Å². The van der Waals surface area contributed by atoms with E-state index in [9.17, 15) is 14.7 Å². The third-order valence-electron chi connectivity index (χ3n) is 8.73. The highest BCUT2D eigenvalue weighted by molar-refractivity contribution is 5.80. The van der Waals surface area contributed by atoms with Gasteiger partial charge < -0.3 is 23.9 Å². The Morgan fingerprint density at radius 3 is 2.52 bits per heavy atom. The van der Waals surface area contributed by atoms with Gasteiger partial charge in [0.2, 0.25) is 5.91 Å². The van der Waals surface area contributed by atoms with Gasteiger partial charge in [0.25, 0.3) is 5.56 Å². The van der Waals surface area contributed by atoms with Crippen molar-refractivity contribution >= 4 is 16.9 Å². The molecule has 6 rings (SSSR count). The predicted molar refractivity (Wildman–Crippen MR) is 150 cm³/mol. The molecule has 1 aliphatic heterocycles. The van der Waals surface area contributed by atoms with Crippen molar-refractivity contribution in [1.29, 1.82) is 0 Å². The van der Waals surface area contributed by atoms with Gasteiger partial charge in [0, 0.05) is 62.8 Å². The van der Waals surface area contributed by atoms with Gasteiger partial charge in [-0.2, -0.15) is 0 Å². The molecule has 0 radical (unpaired) electrons. The first-order valence-corrected chi connectivity index (χ1v) is 14.1. The number of imidazole rings is 1. The van der Waals surface area contributed by atoms with Gasteiger partial charge in [0.15, 0.2) is 5.65 Å². The van der Waals surface area contributed by atoms with E-state index in [4.69, 9.17) is 4.74 Å². The summed E-state index contributed by atoms with van der Waals surface area (Å²) >= 11 is 0. The lowest BCUT2D eigenvalue weighted by atomic mass is 9.76. The van der Waals surface area contributed by atoms with Crippen molar-refractivity contribution < 1.29 is 14.6 Å². The van der Waals surface area contributed by atoms with Gasteiger partial charge in [-0.3, -0.25) is 14.2 Å². The summed E-state index contributed by atoms with van der Waals surface area (Å²) in [6.07, 6.45) is 10.3. The van der Waals surface area contributed by atoms with E-state index in [2.05, 4.69) is 9.97 Å². The van der Waals surface area contributed by atoms with Crippen molar-refractivity contribution in [3.05, 3.63) is 71.4 Å². The van der Waals surface area contributed by atoms with Crippen LogP contribution in [0.25, 0.3) is 16.7 Å². The molecule has 1 amide bonds. The van der Waals surface area contributed by atoms with Gasteiger partial charge in [0.1, 0.15) is 11.6 Å². The van der Waals surface area contributed by atoms with Crippen molar-refractivity contribution in [2.24, 2.45) is 18.9 Å². The summed E-state index contributed by atoms with van der Waals surface area (Å²) in [5.41, 5.74) is 1.50. The number of rotatable bonds is 6. The molecule has 1 saturated heterocycles. The summed E-state index contributed by atoms with van der Waals surface area (Å²) in [5.74, 6) is 1.87. The van der Waals surface area contributed by atoms with E-state index < -0.39 is 6.10 Å². The van der Waals surface area contributed by atoms with Crippen molar-refractivity contribution in [3.63, 3.8) is 0 Å². The number of hydrogen-bond donors (Lipinski definition) is 1. The number of aryl methyl sites for hydroxylation is 1. The number of aliphatic hydroxyl groups excluding tert-OH is 1. The zero-order valence-electron chi connectivity index (χ0n) is 23.0. The molecule has 0 spiro atoms. The van der Waals surface area contributed by atoms with Crippen LogP contribution in [0, 0.1) is 11.8 Å². The first kappa shape index (κ1) is 26.3. The highest BCUT2D eigenvalue weighted by atomic mass is 16.5. The van der Waals surface area contributed by atoms with Gasteiger partial charge in [-0.1, -0.05) is 0 Å². The van der Waals surface area contributed by atoms with Crippen molar-refractivity contribution in [2.45, 2.75) is 50.7 Å². The molecular weight excluding hydrogens is 508 g/mol. The molecule has 3 unspecified atom stereocenters. The number of benzene rings is 1. The molecule has 4 aromatic rings. The fourth-order valence-corrected chi connectivity index (χ4v) is 6.45. The zero-order valence-corrected chi connectivity index (χ0v) is 23.0. The zero-order chi connectivity index (χ0) is 27.8. The Morgan fingerprint density at radius 1 is 1.05 bits per heavy atom. The molecule has 10 heteroatoms. The standard InChI is InChI=1S/C30H36N6O4/c1-33-16-12-31-27(33)26-17-22(37)5-8-24(26)29(38)34-13-9-20(10-14-34)18-35-19-32-28-25(30(35)39)11-15-36(28)21-3-6-23(40-2)7-4-21/h3-4,6-7,11-12,15-16,19-20,22,24,26,37H,5,8-10,13-14,17-18H2,1-2H3. The summed E-state index contributed by atoms with van der Waals surface area (Å²) in [7, 11) is 3.58. The van der Waals surface area contributed by atoms with Crippen LogP contribution >= 0.6 is 0 Å². The highest BCUT2D eigenvalue weighted by Gasteiger charge is 2.40. The minimum absolute atomic E-state index is 0.0468. The molecule has 3 aromatic heterocycles. The van der Waals surface area contributed by atoms with Crippen LogP contribution in [-0.2, 0) is 18.4 Å². The Bertz CT molecular complexity index is 1550. The maximum absolute atomic E-state index is 13.6. The minimum atomic E-state index is -0.395. The number of aromatic nitrogens is 5. The average Bonchev–Trinajstić information content (AvgIpc) is 3.61. The summed E-state index contributed by atoms with van der Waals surface area (Å²) < 4.78 is 10.8. The second-order valence-corrected chi connectivity index (χ2v) is 11.2. The van der Waals surface area contributed by atoms with Crippen molar-refractivity contribution in [1.82, 2.24) is 28.6 Å². The Kier molecular flexibility index (Phi) is 7.18. The molecule has 10 nitrogen and oxygen atoms in total. The number of piperidine rings is 1. The van der Waals surface area contributed by atoms with Crippen LogP contribution in [0.2, 0.25) is 0 Å². The summed E-state index contributed by atoms with van der Waals surface area (Å²) in [5, 5.41) is 10.9. The van der Waals surface area contributed by atoms with Crippen LogP contribution in [0.4, 0.5) is 0 Å². The number of nitrogens with zero attached hydrogens (tertiary/aromatic N) is 6. The molecule has 210 valence electrons. The van der Waals surface area contributed by atoms with Crippen molar-refractivity contribution in [2.75, 3.05) is 20.2 Å². The molecule has 1 aromatic carbocycles. The van der Waals surface area contributed by atoms with Gasteiger partial charge >= 0.3 is 0 Å². The van der Waals surface area contributed by atoms with Crippen LogP contribution in [0.5, 0.6) is 5.75 Å². The van der Waals surface area contributed by atoms with Gasteiger partial charge in [-0.05, 0) is 68.4 Å². The number of carbonyl (C=O) groups is 1. The van der Waals surface area contributed by atoms with Crippen LogP contribution in [0.15, 0.2) is 60.0 Å². The number of likely N-dealkylation sites (tertiary alicyclic amines) is 1. The summed E-state index contributed by atoms with van der Waals surface area (Å²) in [4.78, 5) is 38.1. The van der Waals surface area contributed by atoms with E-state index in [0.717, 1.165) is 30.1 Å². The number of fused-ring (bicyclic) bond motifs is 1. The molecule has 1 aliphatic carbocycles. The molecular formula is C30H36N6O4. The topological polar surface area (TPSA) is 107 Å². The smallest absolute Gasteiger partial charge is 0.262 e. The molecule has 2 aliphatic rings. The molecule has 1 N–H and O–H groups in total. The second-order valence-electron chi connectivity index (χ2n) is 11.2. The van der Waals surface area contributed by atoms with Crippen LogP contribution in [-0.4, -0.2) is 65.9 Å². The number of ether oxygens (including phenoxy) is 1. The number of hydrogen-bond acceptors (Lipinski definition) is 6. The maximum Gasteiger partial charge on any atom is 0.262 e. The predicted octanol–water partition coefficient (Wildman–Crippen LogP) is 3.11. The van der Waals surface area contributed by atoms with Crippen LogP contribution < -0.4 is 10.3 Å². The monoisotopic (exact) mass is 544 g/mol. The Hall–Kier alpha value is -3.92. The van der Waals surface area contributed by atoms with E-state index in [1.807, 2.05) is 63.8 Å². The molecule has 4 heterocycles. The second kappa shape index (κ2) is 10.9. The van der Waals surface area contributed by atoms with E-state index in [1.54, 1.807) is 24.2 Å². The number of aliphatic hydroxyl groups is 1. The third kappa shape index (κ3) is 4.92. The molecule has 0 bridgehead atoms. The van der Waals surface area contributed by atoms with Crippen molar-refractivity contribution in [3.8, 4) is 11.4 Å². The lowest BCUT2D eigenvalue weighted by Crippen LogP contribution is -2.46. The SMILES string of the molecule is COc1ccc(-n2ccc3c(=O)n(CC4CCN(C(=O)C5CCC(O)CC5c5nccn5C)CC4)cnc32)cc1. The summed E-state index contributed by atoms with van der Waals surface area (Å²) in [6, 6.07) is 9.47. The molecule has 1 saturated carbocycles. The number of amides is 1. The first-order chi connectivity index (χ1) is 19.4.